The molecule has 2 aromatic rings. The van der Waals surface area contributed by atoms with E-state index in [1.54, 1.807) is 7.05 Å². The third-order valence-electron chi connectivity index (χ3n) is 4.01. The summed E-state index contributed by atoms with van der Waals surface area (Å²) in [5.74, 6) is 0.492. The van der Waals surface area contributed by atoms with E-state index >= 15 is 0 Å². The molecule has 0 radical (unpaired) electrons. The number of ether oxygens (including phenoxy) is 1. The molecule has 0 aliphatic rings. The van der Waals surface area contributed by atoms with Crippen LogP contribution < -0.4 is 16.0 Å². The van der Waals surface area contributed by atoms with Crippen LogP contribution in [0.15, 0.2) is 9.59 Å². The van der Waals surface area contributed by atoms with Crippen LogP contribution in [0.1, 0.15) is 47.0 Å². The van der Waals surface area contributed by atoms with E-state index < -0.39 is 0 Å². The maximum atomic E-state index is 12.9. The maximum absolute atomic E-state index is 12.9. The van der Waals surface area contributed by atoms with Gasteiger partial charge in [-0.2, -0.15) is 4.98 Å². The Morgan fingerprint density at radius 1 is 1.08 bits per heavy atom. The molecule has 134 valence electrons. The van der Waals surface area contributed by atoms with Crippen molar-refractivity contribution in [3.8, 4) is 6.01 Å². The number of fused-ring (bicyclic) bond motifs is 1. The Morgan fingerprint density at radius 2 is 1.79 bits per heavy atom. The van der Waals surface area contributed by atoms with E-state index in [0.29, 0.717) is 42.8 Å². The highest BCUT2D eigenvalue weighted by Gasteiger charge is 2.20. The Labute approximate surface area is 141 Å². The van der Waals surface area contributed by atoms with Gasteiger partial charge < -0.3 is 4.74 Å². The van der Waals surface area contributed by atoms with Gasteiger partial charge in [0.2, 0.25) is 0 Å². The van der Waals surface area contributed by atoms with Crippen molar-refractivity contribution in [1.29, 1.82) is 0 Å². The molecule has 0 aromatic carbocycles. The summed E-state index contributed by atoms with van der Waals surface area (Å²) in [6.07, 6.45) is 2.48. The van der Waals surface area contributed by atoms with Crippen LogP contribution in [0.25, 0.3) is 11.2 Å². The van der Waals surface area contributed by atoms with E-state index in [-0.39, 0.29) is 11.2 Å². The molecule has 0 N–H and O–H groups in total. The predicted molar refractivity (Wildman–Crippen MR) is 94.8 cm³/mol. The van der Waals surface area contributed by atoms with Crippen molar-refractivity contribution in [2.45, 2.75) is 60.0 Å². The van der Waals surface area contributed by atoms with Crippen LogP contribution in [-0.4, -0.2) is 25.3 Å². The maximum Gasteiger partial charge on any atom is 0.332 e. The van der Waals surface area contributed by atoms with Crippen LogP contribution in [0.3, 0.4) is 0 Å². The Kier molecular flexibility index (Phi) is 5.85. The van der Waals surface area contributed by atoms with E-state index in [1.807, 2.05) is 18.4 Å². The van der Waals surface area contributed by atoms with Crippen molar-refractivity contribution >= 4 is 11.2 Å². The van der Waals surface area contributed by atoms with Crippen molar-refractivity contribution in [2.75, 3.05) is 6.61 Å². The monoisotopic (exact) mass is 336 g/mol. The van der Waals surface area contributed by atoms with Gasteiger partial charge in [0.1, 0.15) is 0 Å². The number of imidazole rings is 1. The first-order valence-electron chi connectivity index (χ1n) is 8.75. The smallest absolute Gasteiger partial charge is 0.332 e. The van der Waals surface area contributed by atoms with Crippen molar-refractivity contribution < 1.29 is 4.74 Å². The summed E-state index contributed by atoms with van der Waals surface area (Å²) in [4.78, 5) is 29.7. The number of nitrogens with zero attached hydrogens (tertiary/aromatic N) is 4. The van der Waals surface area contributed by atoms with Gasteiger partial charge in [0.25, 0.3) is 11.6 Å². The minimum Gasteiger partial charge on any atom is -0.465 e. The molecule has 0 aliphatic carbocycles. The average Bonchev–Trinajstić information content (AvgIpc) is 2.91. The SMILES string of the molecule is CCCOc1nc2c(c(=O)n(CCC)c(=O)n2C)n1CCC(C)C. The summed E-state index contributed by atoms with van der Waals surface area (Å²) < 4.78 is 10.3. The molecule has 7 heteroatoms. The van der Waals surface area contributed by atoms with Crippen LogP contribution in [0, 0.1) is 5.92 Å². The first kappa shape index (κ1) is 18.3. The molecule has 0 saturated heterocycles. The highest BCUT2D eigenvalue weighted by atomic mass is 16.5. The van der Waals surface area contributed by atoms with Crippen LogP contribution >= 0.6 is 0 Å². The van der Waals surface area contributed by atoms with Crippen LogP contribution in [-0.2, 0) is 20.1 Å². The molecule has 0 unspecified atom stereocenters. The minimum atomic E-state index is -0.329. The molecule has 2 rings (SSSR count). The lowest BCUT2D eigenvalue weighted by atomic mass is 10.1. The summed E-state index contributed by atoms with van der Waals surface area (Å²) >= 11 is 0. The lowest BCUT2D eigenvalue weighted by molar-refractivity contribution is 0.277. The molecule has 0 atom stereocenters. The lowest BCUT2D eigenvalue weighted by Crippen LogP contribution is -2.39. The van der Waals surface area contributed by atoms with Crippen LogP contribution in [0.5, 0.6) is 6.01 Å². The lowest BCUT2D eigenvalue weighted by Gasteiger charge is -2.12. The molecule has 0 fully saturated rings. The second kappa shape index (κ2) is 7.68. The van der Waals surface area contributed by atoms with Gasteiger partial charge in [-0.25, -0.2) is 4.79 Å². The summed E-state index contributed by atoms with van der Waals surface area (Å²) in [6.45, 7) is 9.82. The van der Waals surface area contributed by atoms with Gasteiger partial charge in [-0.1, -0.05) is 27.7 Å². The largest absolute Gasteiger partial charge is 0.465 e. The van der Waals surface area contributed by atoms with Gasteiger partial charge in [0.15, 0.2) is 11.2 Å². The molecular formula is C17H28N4O3. The molecule has 24 heavy (non-hydrogen) atoms. The first-order chi connectivity index (χ1) is 11.4. The first-order valence-corrected chi connectivity index (χ1v) is 8.75. The second-order valence-electron chi connectivity index (χ2n) is 6.55. The molecule has 0 aliphatic heterocycles. The van der Waals surface area contributed by atoms with E-state index in [9.17, 15) is 9.59 Å². The number of rotatable bonds is 8. The van der Waals surface area contributed by atoms with Gasteiger partial charge >= 0.3 is 5.69 Å². The van der Waals surface area contributed by atoms with Gasteiger partial charge in [0.05, 0.1) is 6.61 Å². The standard InChI is InChI=1S/C17H28N4O3/c1-6-9-21-15(22)13-14(19(5)17(21)23)18-16(24-11-7-2)20(13)10-8-12(3)4/h12H,6-11H2,1-5H3. The quantitative estimate of drug-likeness (QED) is 0.740. The number of aryl methyl sites for hydroxylation is 2. The van der Waals surface area contributed by atoms with Gasteiger partial charge in [-0.3, -0.25) is 18.5 Å². The van der Waals surface area contributed by atoms with Crippen LogP contribution in [0.2, 0.25) is 0 Å². The zero-order chi connectivity index (χ0) is 17.9. The summed E-state index contributed by atoms with van der Waals surface area (Å²) in [5, 5.41) is 0. The highest BCUT2D eigenvalue weighted by molar-refractivity contribution is 5.71. The summed E-state index contributed by atoms with van der Waals surface area (Å²) in [7, 11) is 1.65. The van der Waals surface area contributed by atoms with Crippen LogP contribution in [0.4, 0.5) is 0 Å². The van der Waals surface area contributed by atoms with Gasteiger partial charge in [0, 0.05) is 20.1 Å². The Hall–Kier alpha value is -2.05. The second-order valence-corrected chi connectivity index (χ2v) is 6.55. The predicted octanol–water partition coefficient (Wildman–Crippen LogP) is 2.14. The molecule has 0 bridgehead atoms. The Bertz CT molecular complexity index is 814. The van der Waals surface area contributed by atoms with Crippen molar-refractivity contribution in [3.05, 3.63) is 20.8 Å². The van der Waals surface area contributed by atoms with Gasteiger partial charge in [-0.05, 0) is 25.2 Å². The number of hydrogen-bond acceptors (Lipinski definition) is 4. The third-order valence-corrected chi connectivity index (χ3v) is 4.01. The normalized spacial score (nSPS) is 11.6. The van der Waals surface area contributed by atoms with Gasteiger partial charge in [-0.15, -0.1) is 0 Å². The fourth-order valence-electron chi connectivity index (χ4n) is 2.67. The van der Waals surface area contributed by atoms with E-state index in [4.69, 9.17) is 4.74 Å². The molecule has 2 aromatic heterocycles. The fourth-order valence-corrected chi connectivity index (χ4v) is 2.67. The number of hydrogen-bond donors (Lipinski definition) is 0. The summed E-state index contributed by atoms with van der Waals surface area (Å²) in [5.41, 5.74) is 0.243. The molecular weight excluding hydrogens is 308 g/mol. The molecule has 7 nitrogen and oxygen atoms in total. The highest BCUT2D eigenvalue weighted by Crippen LogP contribution is 2.19. The van der Waals surface area contributed by atoms with E-state index in [1.165, 1.54) is 9.13 Å². The number of aromatic nitrogens is 4. The summed E-state index contributed by atoms with van der Waals surface area (Å²) in [6, 6.07) is 0.425. The zero-order valence-electron chi connectivity index (χ0n) is 15.3. The third kappa shape index (κ3) is 3.39. The zero-order valence-corrected chi connectivity index (χ0v) is 15.3. The topological polar surface area (TPSA) is 71.1 Å². The fraction of sp³-hybridized carbons (Fsp3) is 0.706. The molecule has 2 heterocycles. The van der Waals surface area contributed by atoms with Crippen molar-refractivity contribution in [3.63, 3.8) is 0 Å². The average molecular weight is 336 g/mol. The van der Waals surface area contributed by atoms with Crippen molar-refractivity contribution in [1.82, 2.24) is 18.7 Å². The Morgan fingerprint density at radius 3 is 2.38 bits per heavy atom. The molecule has 0 spiro atoms. The van der Waals surface area contributed by atoms with E-state index in [0.717, 1.165) is 19.3 Å². The van der Waals surface area contributed by atoms with E-state index in [2.05, 4.69) is 18.8 Å². The molecule has 0 amide bonds. The molecule has 0 saturated carbocycles. The minimum absolute atomic E-state index is 0.280. The van der Waals surface area contributed by atoms with Crippen molar-refractivity contribution in [2.24, 2.45) is 13.0 Å². The Balaban J connectivity index is 2.72.